The van der Waals surface area contributed by atoms with Gasteiger partial charge in [0.05, 0.1) is 17.4 Å². The SMILES string of the molecule is COCCNS(=O)(=O)c1cccc(C(=O)NCC(Cc2ccc(F)cc2)C(N)=O)c1. The van der Waals surface area contributed by atoms with E-state index in [9.17, 15) is 22.4 Å². The van der Waals surface area contributed by atoms with Crippen LogP contribution in [-0.2, 0) is 26.0 Å². The van der Waals surface area contributed by atoms with Crippen molar-refractivity contribution in [2.45, 2.75) is 11.3 Å². The van der Waals surface area contributed by atoms with Crippen LogP contribution in [0.3, 0.4) is 0 Å². The molecule has 0 aliphatic rings. The van der Waals surface area contributed by atoms with E-state index < -0.39 is 33.6 Å². The third-order valence-corrected chi connectivity index (χ3v) is 5.77. The number of halogens is 1. The lowest BCUT2D eigenvalue weighted by Crippen LogP contribution is -2.37. The van der Waals surface area contributed by atoms with E-state index in [1.54, 1.807) is 0 Å². The van der Waals surface area contributed by atoms with Crippen LogP contribution in [0, 0.1) is 11.7 Å². The summed E-state index contributed by atoms with van der Waals surface area (Å²) < 4.78 is 44.8. The number of nitrogens with two attached hydrogens (primary N) is 1. The average molecular weight is 437 g/mol. The molecule has 30 heavy (non-hydrogen) atoms. The lowest BCUT2D eigenvalue weighted by molar-refractivity contribution is -0.121. The Morgan fingerprint density at radius 1 is 1.17 bits per heavy atom. The number of benzene rings is 2. The van der Waals surface area contributed by atoms with Crippen LogP contribution in [0.15, 0.2) is 53.4 Å². The van der Waals surface area contributed by atoms with Crippen LogP contribution in [0.5, 0.6) is 0 Å². The Labute approximate surface area is 174 Å². The Kier molecular flexibility index (Phi) is 8.46. The number of hydrogen-bond donors (Lipinski definition) is 3. The first-order valence-electron chi connectivity index (χ1n) is 9.13. The summed E-state index contributed by atoms with van der Waals surface area (Å²) in [6, 6.07) is 11.1. The van der Waals surface area contributed by atoms with E-state index in [0.29, 0.717) is 5.56 Å². The molecule has 0 bridgehead atoms. The van der Waals surface area contributed by atoms with Gasteiger partial charge in [0.15, 0.2) is 0 Å². The number of primary amides is 1. The fourth-order valence-corrected chi connectivity index (χ4v) is 3.72. The number of sulfonamides is 1. The van der Waals surface area contributed by atoms with Crippen molar-refractivity contribution in [1.29, 1.82) is 0 Å². The summed E-state index contributed by atoms with van der Waals surface area (Å²) in [5.74, 6) is -2.26. The first kappa shape index (κ1) is 23.5. The smallest absolute Gasteiger partial charge is 0.251 e. The van der Waals surface area contributed by atoms with Crippen LogP contribution < -0.4 is 15.8 Å². The van der Waals surface area contributed by atoms with Crippen molar-refractivity contribution in [2.75, 3.05) is 26.8 Å². The summed E-state index contributed by atoms with van der Waals surface area (Å²) in [4.78, 5) is 24.1. The standard InChI is InChI=1S/C20H24FN3O5S/c1-29-10-9-24-30(27,28)18-4-2-3-15(12-18)20(26)23-13-16(19(22)25)11-14-5-7-17(21)8-6-14/h2-8,12,16,24H,9-11,13H2,1H3,(H2,22,25)(H,23,26). The molecule has 10 heteroatoms. The maximum Gasteiger partial charge on any atom is 0.251 e. The van der Waals surface area contributed by atoms with Crippen molar-refractivity contribution in [2.24, 2.45) is 11.7 Å². The number of hydrogen-bond acceptors (Lipinski definition) is 5. The van der Waals surface area contributed by atoms with Gasteiger partial charge in [-0.25, -0.2) is 17.5 Å². The molecule has 162 valence electrons. The van der Waals surface area contributed by atoms with Crippen molar-refractivity contribution in [3.05, 3.63) is 65.5 Å². The van der Waals surface area contributed by atoms with E-state index in [-0.39, 0.29) is 36.6 Å². The van der Waals surface area contributed by atoms with Gasteiger partial charge in [0.25, 0.3) is 5.91 Å². The molecule has 0 saturated heterocycles. The van der Waals surface area contributed by atoms with E-state index in [1.807, 2.05) is 0 Å². The van der Waals surface area contributed by atoms with Gasteiger partial charge in [-0.3, -0.25) is 9.59 Å². The quantitative estimate of drug-likeness (QED) is 0.449. The zero-order chi connectivity index (χ0) is 22.1. The van der Waals surface area contributed by atoms with Crippen molar-refractivity contribution in [1.82, 2.24) is 10.0 Å². The maximum atomic E-state index is 13.0. The van der Waals surface area contributed by atoms with E-state index in [1.165, 1.54) is 55.6 Å². The molecule has 8 nitrogen and oxygen atoms in total. The van der Waals surface area contributed by atoms with Crippen LogP contribution in [0.1, 0.15) is 15.9 Å². The van der Waals surface area contributed by atoms with Crippen molar-refractivity contribution < 1.29 is 27.1 Å². The Balaban J connectivity index is 2.03. The second-order valence-corrected chi connectivity index (χ2v) is 8.33. The molecule has 2 amide bonds. The fourth-order valence-electron chi connectivity index (χ4n) is 2.66. The van der Waals surface area contributed by atoms with Crippen LogP contribution in [0.4, 0.5) is 4.39 Å². The molecule has 0 aliphatic carbocycles. The number of ether oxygens (including phenoxy) is 1. The second kappa shape index (κ2) is 10.8. The van der Waals surface area contributed by atoms with Crippen LogP contribution in [0.2, 0.25) is 0 Å². The molecular formula is C20H24FN3O5S. The molecule has 2 rings (SSSR count). The van der Waals surface area contributed by atoms with Gasteiger partial charge < -0.3 is 15.8 Å². The first-order chi connectivity index (χ1) is 14.2. The zero-order valence-corrected chi connectivity index (χ0v) is 17.2. The highest BCUT2D eigenvalue weighted by Crippen LogP contribution is 2.13. The summed E-state index contributed by atoms with van der Waals surface area (Å²) >= 11 is 0. The van der Waals surface area contributed by atoms with E-state index in [4.69, 9.17) is 10.5 Å². The van der Waals surface area contributed by atoms with Gasteiger partial charge >= 0.3 is 0 Å². The third kappa shape index (κ3) is 6.90. The van der Waals surface area contributed by atoms with Gasteiger partial charge in [0.1, 0.15) is 5.82 Å². The number of methoxy groups -OCH3 is 1. The first-order valence-corrected chi connectivity index (χ1v) is 10.6. The minimum Gasteiger partial charge on any atom is -0.383 e. The molecule has 0 fully saturated rings. The van der Waals surface area contributed by atoms with Gasteiger partial charge in [0, 0.05) is 25.8 Å². The highest BCUT2D eigenvalue weighted by Gasteiger charge is 2.19. The van der Waals surface area contributed by atoms with Crippen LogP contribution >= 0.6 is 0 Å². The summed E-state index contributed by atoms with van der Waals surface area (Å²) in [6.07, 6.45) is 0.230. The Morgan fingerprint density at radius 2 is 1.87 bits per heavy atom. The largest absolute Gasteiger partial charge is 0.383 e. The van der Waals surface area contributed by atoms with Gasteiger partial charge in [-0.05, 0) is 42.3 Å². The third-order valence-electron chi connectivity index (χ3n) is 4.31. The molecule has 1 unspecified atom stereocenters. The van der Waals surface area contributed by atoms with Gasteiger partial charge in [0.2, 0.25) is 15.9 Å². The summed E-state index contributed by atoms with van der Waals surface area (Å²) in [5.41, 5.74) is 6.24. The molecule has 0 spiro atoms. The van der Waals surface area contributed by atoms with Gasteiger partial charge in [-0.15, -0.1) is 0 Å². The molecule has 2 aromatic carbocycles. The highest BCUT2D eigenvalue weighted by atomic mass is 32.2. The molecule has 0 saturated carbocycles. The molecule has 0 aromatic heterocycles. The molecular weight excluding hydrogens is 413 g/mol. The van der Waals surface area contributed by atoms with E-state index in [2.05, 4.69) is 10.0 Å². The van der Waals surface area contributed by atoms with Crippen molar-refractivity contribution in [3.8, 4) is 0 Å². The lowest BCUT2D eigenvalue weighted by Gasteiger charge is -2.15. The Hall–Kier alpha value is -2.82. The summed E-state index contributed by atoms with van der Waals surface area (Å²) in [6.45, 7) is 0.259. The number of nitrogens with one attached hydrogen (secondary N) is 2. The summed E-state index contributed by atoms with van der Waals surface area (Å²) in [7, 11) is -2.34. The van der Waals surface area contributed by atoms with E-state index >= 15 is 0 Å². The molecule has 1 atom stereocenters. The topological polar surface area (TPSA) is 128 Å². The highest BCUT2D eigenvalue weighted by molar-refractivity contribution is 7.89. The minimum absolute atomic E-state index is 0.0470. The molecule has 2 aromatic rings. The number of carbonyl (C=O) groups excluding carboxylic acids is 2. The zero-order valence-electron chi connectivity index (χ0n) is 16.4. The number of carbonyl (C=O) groups is 2. The second-order valence-electron chi connectivity index (χ2n) is 6.56. The molecule has 0 heterocycles. The summed E-state index contributed by atoms with van der Waals surface area (Å²) in [5, 5.41) is 2.59. The van der Waals surface area contributed by atoms with Crippen molar-refractivity contribution in [3.63, 3.8) is 0 Å². The molecule has 0 aliphatic heterocycles. The minimum atomic E-state index is -3.79. The number of amides is 2. The Morgan fingerprint density at radius 3 is 2.50 bits per heavy atom. The van der Waals surface area contributed by atoms with Gasteiger partial charge in [-0.1, -0.05) is 18.2 Å². The van der Waals surface area contributed by atoms with Gasteiger partial charge in [-0.2, -0.15) is 0 Å². The number of rotatable bonds is 11. The van der Waals surface area contributed by atoms with Crippen molar-refractivity contribution >= 4 is 21.8 Å². The maximum absolute atomic E-state index is 13.0. The lowest BCUT2D eigenvalue weighted by atomic mass is 9.98. The fraction of sp³-hybridized carbons (Fsp3) is 0.300. The normalized spacial score (nSPS) is 12.3. The molecule has 4 N–H and O–H groups in total. The monoisotopic (exact) mass is 437 g/mol. The Bertz CT molecular complexity index is 980. The predicted molar refractivity (Wildman–Crippen MR) is 109 cm³/mol. The predicted octanol–water partition coefficient (Wildman–Crippen LogP) is 0.824. The van der Waals surface area contributed by atoms with Crippen LogP contribution in [-0.4, -0.2) is 47.0 Å². The van der Waals surface area contributed by atoms with E-state index in [0.717, 1.165) is 0 Å². The van der Waals surface area contributed by atoms with Crippen LogP contribution in [0.25, 0.3) is 0 Å². The average Bonchev–Trinajstić information content (AvgIpc) is 2.72. The molecule has 0 radical (unpaired) electrons.